The van der Waals surface area contributed by atoms with E-state index in [-0.39, 0.29) is 30.3 Å². The first kappa shape index (κ1) is 18.9. The molecule has 1 aromatic heterocycles. The molecule has 0 spiro atoms. The van der Waals surface area contributed by atoms with Crippen LogP contribution in [0.5, 0.6) is 0 Å². The number of nitrogens with two attached hydrogens (primary N) is 1. The Kier molecular flexibility index (Phi) is 5.51. The van der Waals surface area contributed by atoms with Crippen molar-refractivity contribution < 1.29 is 14.0 Å². The second-order valence-electron chi connectivity index (χ2n) is 6.02. The number of terminal acetylenes is 1. The molecular weight excluding hydrogens is 359 g/mol. The van der Waals surface area contributed by atoms with Gasteiger partial charge in [0, 0.05) is 12.6 Å². The van der Waals surface area contributed by atoms with Gasteiger partial charge in [-0.25, -0.2) is 9.07 Å². The summed E-state index contributed by atoms with van der Waals surface area (Å²) >= 11 is 0. The quantitative estimate of drug-likeness (QED) is 0.671. The predicted molar refractivity (Wildman–Crippen MR) is 102 cm³/mol. The first-order chi connectivity index (χ1) is 13.5. The molecule has 0 saturated carbocycles. The smallest absolute Gasteiger partial charge is 0.275 e. The number of carbonyl (C=O) groups is 2. The molecule has 7 heteroatoms. The van der Waals surface area contributed by atoms with Gasteiger partial charge < -0.3 is 10.6 Å². The Bertz CT molecular complexity index is 1040. The number of amides is 2. The summed E-state index contributed by atoms with van der Waals surface area (Å²) in [6, 6.07) is 16.0. The Morgan fingerprint density at radius 2 is 1.82 bits per heavy atom. The van der Waals surface area contributed by atoms with Gasteiger partial charge in [0.2, 0.25) is 0 Å². The van der Waals surface area contributed by atoms with Gasteiger partial charge in [-0.3, -0.25) is 9.59 Å². The number of benzene rings is 2. The van der Waals surface area contributed by atoms with Crippen LogP contribution < -0.4 is 5.73 Å². The monoisotopic (exact) mass is 376 g/mol. The molecular formula is C21H17FN4O2. The van der Waals surface area contributed by atoms with Crippen molar-refractivity contribution in [3.63, 3.8) is 0 Å². The van der Waals surface area contributed by atoms with Gasteiger partial charge in [0.15, 0.2) is 5.69 Å². The normalized spacial score (nSPS) is 10.3. The molecule has 6 nitrogen and oxygen atoms in total. The fourth-order valence-corrected chi connectivity index (χ4v) is 2.71. The Balaban J connectivity index is 1.94. The van der Waals surface area contributed by atoms with Crippen LogP contribution in [0, 0.1) is 18.2 Å². The molecule has 1 heterocycles. The second-order valence-corrected chi connectivity index (χ2v) is 6.02. The zero-order valence-electron chi connectivity index (χ0n) is 14.9. The average molecular weight is 376 g/mol. The van der Waals surface area contributed by atoms with Crippen molar-refractivity contribution in [2.75, 3.05) is 6.54 Å². The number of primary amides is 1. The molecule has 0 aliphatic rings. The third kappa shape index (κ3) is 4.07. The van der Waals surface area contributed by atoms with Gasteiger partial charge in [0.25, 0.3) is 11.8 Å². The molecule has 0 aliphatic heterocycles. The Labute approximate surface area is 161 Å². The van der Waals surface area contributed by atoms with Crippen LogP contribution in [-0.2, 0) is 6.54 Å². The average Bonchev–Trinajstić information content (AvgIpc) is 3.15. The van der Waals surface area contributed by atoms with Crippen LogP contribution >= 0.6 is 0 Å². The number of nitrogens with zero attached hydrogens (tertiary/aromatic N) is 3. The van der Waals surface area contributed by atoms with E-state index < -0.39 is 11.8 Å². The Morgan fingerprint density at radius 3 is 2.43 bits per heavy atom. The van der Waals surface area contributed by atoms with Gasteiger partial charge >= 0.3 is 0 Å². The molecule has 3 aromatic rings. The highest BCUT2D eigenvalue weighted by atomic mass is 19.1. The summed E-state index contributed by atoms with van der Waals surface area (Å²) in [7, 11) is 0. The van der Waals surface area contributed by atoms with Crippen LogP contribution in [0.3, 0.4) is 0 Å². The largest absolute Gasteiger partial charge is 0.364 e. The van der Waals surface area contributed by atoms with Crippen LogP contribution in [0.15, 0.2) is 60.7 Å². The van der Waals surface area contributed by atoms with Crippen LogP contribution in [-0.4, -0.2) is 33.0 Å². The molecule has 0 unspecified atom stereocenters. The fourth-order valence-electron chi connectivity index (χ4n) is 2.71. The third-order valence-corrected chi connectivity index (χ3v) is 4.04. The first-order valence-corrected chi connectivity index (χ1v) is 8.42. The summed E-state index contributed by atoms with van der Waals surface area (Å²) in [5.41, 5.74) is 6.87. The lowest BCUT2D eigenvalue weighted by Crippen LogP contribution is -2.31. The molecule has 0 atom stereocenters. The first-order valence-electron chi connectivity index (χ1n) is 8.42. The highest BCUT2D eigenvalue weighted by Crippen LogP contribution is 2.15. The highest BCUT2D eigenvalue weighted by Gasteiger charge is 2.23. The number of para-hydroxylation sites is 1. The van der Waals surface area contributed by atoms with Gasteiger partial charge in [-0.1, -0.05) is 36.3 Å². The van der Waals surface area contributed by atoms with Gasteiger partial charge in [0.05, 0.1) is 12.2 Å². The molecule has 0 saturated heterocycles. The molecule has 28 heavy (non-hydrogen) atoms. The molecule has 3 rings (SSSR count). The van der Waals surface area contributed by atoms with E-state index in [9.17, 15) is 14.0 Å². The Hall–Kier alpha value is -3.92. The maximum absolute atomic E-state index is 13.1. The van der Waals surface area contributed by atoms with Crippen molar-refractivity contribution in [3.05, 3.63) is 83.4 Å². The van der Waals surface area contributed by atoms with E-state index >= 15 is 0 Å². The van der Waals surface area contributed by atoms with Gasteiger partial charge in [-0.2, -0.15) is 5.10 Å². The molecule has 2 aromatic carbocycles. The summed E-state index contributed by atoms with van der Waals surface area (Å²) in [6.07, 6.45) is 5.39. The van der Waals surface area contributed by atoms with Gasteiger partial charge in [0.1, 0.15) is 11.5 Å². The van der Waals surface area contributed by atoms with Crippen molar-refractivity contribution in [2.45, 2.75) is 6.54 Å². The van der Waals surface area contributed by atoms with E-state index in [2.05, 4.69) is 11.0 Å². The molecule has 0 fully saturated rings. The number of carbonyl (C=O) groups excluding carboxylic acids is 2. The zero-order valence-corrected chi connectivity index (χ0v) is 14.9. The lowest BCUT2D eigenvalue weighted by molar-refractivity contribution is 0.0759. The topological polar surface area (TPSA) is 81.2 Å². The molecule has 2 amide bonds. The lowest BCUT2D eigenvalue weighted by atomic mass is 10.2. The maximum atomic E-state index is 13.1. The van der Waals surface area contributed by atoms with E-state index in [1.54, 1.807) is 36.4 Å². The highest BCUT2D eigenvalue weighted by molar-refractivity contribution is 5.97. The number of hydrogen-bond donors (Lipinski definition) is 1. The van der Waals surface area contributed by atoms with E-state index in [1.165, 1.54) is 27.8 Å². The van der Waals surface area contributed by atoms with Crippen LogP contribution in [0.4, 0.5) is 4.39 Å². The SMILES string of the molecule is C#CCN(Cc1ccc(F)cc1)C(=O)c1cc(C(N)=O)n(-c2ccccc2)n1. The van der Waals surface area contributed by atoms with Crippen LogP contribution in [0.1, 0.15) is 26.5 Å². The zero-order chi connectivity index (χ0) is 20.1. The van der Waals surface area contributed by atoms with E-state index in [0.717, 1.165) is 0 Å². The van der Waals surface area contributed by atoms with E-state index in [1.807, 2.05) is 6.07 Å². The summed E-state index contributed by atoms with van der Waals surface area (Å²) in [5.74, 6) is 0.892. The van der Waals surface area contributed by atoms with Gasteiger partial charge in [-0.15, -0.1) is 6.42 Å². The molecule has 0 radical (unpaired) electrons. The number of rotatable bonds is 6. The minimum Gasteiger partial charge on any atom is -0.364 e. The number of hydrogen-bond acceptors (Lipinski definition) is 3. The minimum absolute atomic E-state index is 0.0281. The number of aromatic nitrogens is 2. The van der Waals surface area contributed by atoms with Crippen LogP contribution in [0.2, 0.25) is 0 Å². The van der Waals surface area contributed by atoms with Crippen molar-refractivity contribution in [3.8, 4) is 18.0 Å². The molecule has 0 bridgehead atoms. The van der Waals surface area contributed by atoms with Crippen molar-refractivity contribution in [2.24, 2.45) is 5.73 Å². The summed E-state index contributed by atoms with van der Waals surface area (Å²) in [6.45, 7) is 0.202. The van der Waals surface area contributed by atoms with E-state index in [0.29, 0.717) is 11.3 Å². The molecule has 2 N–H and O–H groups in total. The number of halogens is 1. The molecule has 0 aliphatic carbocycles. The maximum Gasteiger partial charge on any atom is 0.275 e. The second kappa shape index (κ2) is 8.18. The van der Waals surface area contributed by atoms with E-state index in [4.69, 9.17) is 12.2 Å². The Morgan fingerprint density at radius 1 is 1.14 bits per heavy atom. The van der Waals surface area contributed by atoms with Crippen molar-refractivity contribution >= 4 is 11.8 Å². The minimum atomic E-state index is -0.711. The standard InChI is InChI=1S/C21H17FN4O2/c1-2-12-25(14-15-8-10-16(22)11-9-15)21(28)18-13-19(20(23)27)26(24-18)17-6-4-3-5-7-17/h1,3-11,13H,12,14H2,(H2,23,27). The summed E-state index contributed by atoms with van der Waals surface area (Å²) in [5, 5.41) is 4.26. The van der Waals surface area contributed by atoms with Crippen LogP contribution in [0.25, 0.3) is 5.69 Å². The fraction of sp³-hybridized carbons (Fsp3) is 0.0952. The summed E-state index contributed by atoms with van der Waals surface area (Å²) in [4.78, 5) is 26.2. The van der Waals surface area contributed by atoms with Crippen molar-refractivity contribution in [1.82, 2.24) is 14.7 Å². The third-order valence-electron chi connectivity index (χ3n) is 4.04. The lowest BCUT2D eigenvalue weighted by Gasteiger charge is -2.19. The predicted octanol–water partition coefficient (Wildman–Crippen LogP) is 2.39. The summed E-state index contributed by atoms with van der Waals surface area (Å²) < 4.78 is 14.4. The molecule has 140 valence electrons. The van der Waals surface area contributed by atoms with Crippen molar-refractivity contribution in [1.29, 1.82) is 0 Å². The van der Waals surface area contributed by atoms with Gasteiger partial charge in [-0.05, 0) is 29.8 Å².